The van der Waals surface area contributed by atoms with E-state index in [1.807, 2.05) is 0 Å². The molecule has 1 aliphatic rings. The van der Waals surface area contributed by atoms with Gasteiger partial charge < -0.3 is 5.32 Å². The van der Waals surface area contributed by atoms with Crippen molar-refractivity contribution in [1.29, 1.82) is 0 Å². The largest absolute Gasteiger partial charge is 0.315 e. The summed E-state index contributed by atoms with van der Waals surface area (Å²) in [5.41, 5.74) is 0. The first-order valence-electron chi connectivity index (χ1n) is 7.09. The lowest BCUT2D eigenvalue weighted by atomic mass is 10.1. The normalized spacial score (nSPS) is 23.0. The Labute approximate surface area is 106 Å². The van der Waals surface area contributed by atoms with Crippen LogP contribution in [-0.2, 0) is 9.84 Å². The minimum Gasteiger partial charge on any atom is -0.315 e. The highest BCUT2D eigenvalue weighted by Gasteiger charge is 2.30. The summed E-state index contributed by atoms with van der Waals surface area (Å²) >= 11 is 0. The highest BCUT2D eigenvalue weighted by molar-refractivity contribution is 7.92. The molecule has 17 heavy (non-hydrogen) atoms. The van der Waals surface area contributed by atoms with Crippen molar-refractivity contribution in [2.75, 3.05) is 18.8 Å². The summed E-state index contributed by atoms with van der Waals surface area (Å²) < 4.78 is 23.1. The summed E-state index contributed by atoms with van der Waals surface area (Å²) in [4.78, 5) is 0. The maximum Gasteiger partial charge on any atom is 0.154 e. The van der Waals surface area contributed by atoms with Crippen molar-refractivity contribution >= 4 is 9.84 Å². The molecule has 1 unspecified atom stereocenters. The number of rotatable bonds is 9. The average molecular weight is 261 g/mol. The van der Waals surface area contributed by atoms with Crippen LogP contribution in [0.2, 0.25) is 0 Å². The van der Waals surface area contributed by atoms with Crippen LogP contribution >= 0.6 is 0 Å². The predicted molar refractivity (Wildman–Crippen MR) is 73.1 cm³/mol. The zero-order chi connectivity index (χ0) is 12.6. The maximum absolute atomic E-state index is 11.6. The summed E-state index contributed by atoms with van der Waals surface area (Å²) in [7, 11) is -2.75. The topological polar surface area (TPSA) is 46.2 Å². The molecule has 1 fully saturated rings. The number of unbranched alkanes of at least 4 members (excludes halogenated alkanes) is 5. The van der Waals surface area contributed by atoms with Gasteiger partial charge in [-0.1, -0.05) is 39.0 Å². The van der Waals surface area contributed by atoms with Gasteiger partial charge in [-0.25, -0.2) is 8.42 Å². The van der Waals surface area contributed by atoms with E-state index in [9.17, 15) is 8.42 Å². The fraction of sp³-hybridized carbons (Fsp3) is 1.00. The number of sulfone groups is 1. The molecule has 1 rings (SSSR count). The van der Waals surface area contributed by atoms with Crippen molar-refractivity contribution in [3.63, 3.8) is 0 Å². The van der Waals surface area contributed by atoms with Crippen molar-refractivity contribution < 1.29 is 8.42 Å². The lowest BCUT2D eigenvalue weighted by Crippen LogP contribution is -2.31. The van der Waals surface area contributed by atoms with Crippen LogP contribution in [0.5, 0.6) is 0 Å². The molecule has 0 radical (unpaired) electrons. The second-order valence-electron chi connectivity index (χ2n) is 5.10. The zero-order valence-electron chi connectivity index (χ0n) is 11.1. The third-order valence-corrected chi connectivity index (χ3v) is 5.82. The van der Waals surface area contributed by atoms with Gasteiger partial charge in [0.25, 0.3) is 0 Å². The highest BCUT2D eigenvalue weighted by Crippen LogP contribution is 2.18. The fourth-order valence-corrected chi connectivity index (χ4v) is 4.18. The van der Waals surface area contributed by atoms with Crippen molar-refractivity contribution in [3.8, 4) is 0 Å². The summed E-state index contributed by atoms with van der Waals surface area (Å²) in [6, 6.07) is 0. The van der Waals surface area contributed by atoms with Crippen LogP contribution < -0.4 is 5.32 Å². The molecule has 1 heterocycles. The van der Waals surface area contributed by atoms with Gasteiger partial charge in [0.1, 0.15) is 0 Å². The van der Waals surface area contributed by atoms with Crippen molar-refractivity contribution in [1.82, 2.24) is 5.32 Å². The molecule has 0 aromatic carbocycles. The third kappa shape index (κ3) is 5.87. The molecule has 0 amide bonds. The molecular weight excluding hydrogens is 234 g/mol. The SMILES string of the molecule is CCCCCCCCNCC1CCCS1(=O)=O. The Hall–Kier alpha value is -0.0900. The quantitative estimate of drug-likeness (QED) is 0.649. The van der Waals surface area contributed by atoms with Crippen molar-refractivity contribution in [2.24, 2.45) is 0 Å². The first-order valence-corrected chi connectivity index (χ1v) is 8.80. The molecule has 0 spiro atoms. The van der Waals surface area contributed by atoms with Gasteiger partial charge in [-0.2, -0.15) is 0 Å². The van der Waals surface area contributed by atoms with Crippen LogP contribution in [0.4, 0.5) is 0 Å². The van der Waals surface area contributed by atoms with Gasteiger partial charge >= 0.3 is 0 Å². The Morgan fingerprint density at radius 3 is 2.47 bits per heavy atom. The van der Waals surface area contributed by atoms with Crippen molar-refractivity contribution in [2.45, 2.75) is 63.5 Å². The van der Waals surface area contributed by atoms with Gasteiger partial charge in [-0.3, -0.25) is 0 Å². The first kappa shape index (κ1) is 15.0. The standard InChI is InChI=1S/C13H27NO2S/c1-2-3-4-5-6-7-10-14-12-13-9-8-11-17(13,15)16/h13-14H,2-12H2,1H3. The van der Waals surface area contributed by atoms with Crippen LogP contribution in [0.15, 0.2) is 0 Å². The Bertz CT molecular complexity index is 288. The van der Waals surface area contributed by atoms with Crippen LogP contribution in [0.3, 0.4) is 0 Å². The average Bonchev–Trinajstić information content (AvgIpc) is 2.62. The molecule has 0 bridgehead atoms. The maximum atomic E-state index is 11.6. The summed E-state index contributed by atoms with van der Waals surface area (Å²) in [5, 5.41) is 3.19. The van der Waals surface area contributed by atoms with E-state index in [2.05, 4.69) is 12.2 Å². The minimum atomic E-state index is -2.75. The first-order chi connectivity index (χ1) is 8.17. The highest BCUT2D eigenvalue weighted by atomic mass is 32.2. The Morgan fingerprint density at radius 1 is 1.12 bits per heavy atom. The van der Waals surface area contributed by atoms with Crippen LogP contribution in [0, 0.1) is 0 Å². The van der Waals surface area contributed by atoms with E-state index in [1.165, 1.54) is 38.5 Å². The summed E-state index contributed by atoms with van der Waals surface area (Å²) in [6.45, 7) is 3.86. The van der Waals surface area contributed by atoms with E-state index >= 15 is 0 Å². The second-order valence-corrected chi connectivity index (χ2v) is 7.50. The monoisotopic (exact) mass is 261 g/mol. The van der Waals surface area contributed by atoms with E-state index in [0.29, 0.717) is 12.3 Å². The lowest BCUT2D eigenvalue weighted by Gasteiger charge is -2.10. The summed E-state index contributed by atoms with van der Waals surface area (Å²) in [5.74, 6) is 0.399. The molecule has 102 valence electrons. The van der Waals surface area contributed by atoms with E-state index < -0.39 is 9.84 Å². The number of nitrogens with one attached hydrogen (secondary N) is 1. The van der Waals surface area contributed by atoms with Crippen LogP contribution in [0.1, 0.15) is 58.3 Å². The Morgan fingerprint density at radius 2 is 1.82 bits per heavy atom. The molecule has 4 heteroatoms. The van der Waals surface area contributed by atoms with Gasteiger partial charge in [-0.15, -0.1) is 0 Å². The Kier molecular flexibility index (Phi) is 7.12. The number of hydrogen-bond donors (Lipinski definition) is 1. The predicted octanol–water partition coefficient (Wildman–Crippen LogP) is 2.51. The zero-order valence-corrected chi connectivity index (χ0v) is 11.9. The molecule has 1 saturated heterocycles. The van der Waals surface area contributed by atoms with E-state index in [-0.39, 0.29) is 5.25 Å². The molecule has 1 N–H and O–H groups in total. The van der Waals surface area contributed by atoms with Gasteiger partial charge in [-0.05, 0) is 25.8 Å². The van der Waals surface area contributed by atoms with Gasteiger partial charge in [0.05, 0.1) is 11.0 Å². The van der Waals surface area contributed by atoms with Gasteiger partial charge in [0.15, 0.2) is 9.84 Å². The van der Waals surface area contributed by atoms with E-state index in [1.54, 1.807) is 0 Å². The van der Waals surface area contributed by atoms with Crippen LogP contribution in [0.25, 0.3) is 0 Å². The fourth-order valence-electron chi connectivity index (χ4n) is 2.38. The molecule has 3 nitrogen and oxygen atoms in total. The third-order valence-electron chi connectivity index (χ3n) is 3.54. The number of hydrogen-bond acceptors (Lipinski definition) is 3. The van der Waals surface area contributed by atoms with E-state index in [0.717, 1.165) is 19.4 Å². The van der Waals surface area contributed by atoms with E-state index in [4.69, 9.17) is 0 Å². The van der Waals surface area contributed by atoms with Crippen LogP contribution in [-0.4, -0.2) is 32.5 Å². The summed E-state index contributed by atoms with van der Waals surface area (Å²) in [6.07, 6.45) is 9.44. The minimum absolute atomic E-state index is 0.109. The molecule has 0 aromatic rings. The molecule has 1 atom stereocenters. The van der Waals surface area contributed by atoms with Crippen molar-refractivity contribution in [3.05, 3.63) is 0 Å². The lowest BCUT2D eigenvalue weighted by molar-refractivity contribution is 0.550. The van der Waals surface area contributed by atoms with Gasteiger partial charge in [0, 0.05) is 6.54 Å². The molecule has 0 aromatic heterocycles. The molecule has 1 aliphatic heterocycles. The molecule has 0 saturated carbocycles. The molecular formula is C13H27NO2S. The Balaban J connectivity index is 1.94. The van der Waals surface area contributed by atoms with Gasteiger partial charge in [0.2, 0.25) is 0 Å². The second kappa shape index (κ2) is 8.09. The smallest absolute Gasteiger partial charge is 0.154 e. The molecule has 0 aliphatic carbocycles.